The predicted octanol–water partition coefficient (Wildman–Crippen LogP) is 2.99. The Morgan fingerprint density at radius 2 is 2.02 bits per heavy atom. The molecule has 1 unspecified atom stereocenters. The number of carbonyl (C=O) groups excluding carboxylic acids is 3. The van der Waals surface area contributed by atoms with Crippen molar-refractivity contribution < 1.29 is 29.0 Å². The Balaban J connectivity index is 1.42. The second kappa shape index (κ2) is 12.9. The zero-order valence-corrected chi connectivity index (χ0v) is 24.3. The Morgan fingerprint density at radius 1 is 1.19 bits per heavy atom. The van der Waals surface area contributed by atoms with Gasteiger partial charge in [-0.3, -0.25) is 29.2 Å². The van der Waals surface area contributed by atoms with Crippen LogP contribution in [0.2, 0.25) is 0 Å². The second-order valence-corrected chi connectivity index (χ2v) is 11.3. The van der Waals surface area contributed by atoms with E-state index in [1.165, 1.54) is 7.05 Å². The number of unbranched alkanes of at least 4 members (excludes halogenated alkanes) is 1. The molecule has 224 valence electrons. The molecule has 1 aromatic carbocycles. The monoisotopic (exact) mass is 577 g/mol. The average molecular weight is 578 g/mol. The lowest BCUT2D eigenvalue weighted by atomic mass is 9.83. The number of carbonyl (C=O) groups is 4. The van der Waals surface area contributed by atoms with Crippen molar-refractivity contribution in [3.8, 4) is 5.75 Å². The summed E-state index contributed by atoms with van der Waals surface area (Å²) >= 11 is 0. The predicted molar refractivity (Wildman–Crippen MR) is 155 cm³/mol. The molecule has 0 spiro atoms. The summed E-state index contributed by atoms with van der Waals surface area (Å²) in [6, 6.07) is 8.68. The molecular weight excluding hydrogens is 538 g/mol. The fourth-order valence-corrected chi connectivity index (χ4v) is 6.42. The molecule has 4 heterocycles. The molecule has 1 aromatic heterocycles. The zero-order chi connectivity index (χ0) is 29.8. The first kappa shape index (κ1) is 29.5. The van der Waals surface area contributed by atoms with E-state index in [4.69, 9.17) is 4.74 Å². The Hall–Kier alpha value is -3.99. The van der Waals surface area contributed by atoms with Crippen LogP contribution >= 0.6 is 0 Å². The molecule has 3 aliphatic rings. The van der Waals surface area contributed by atoms with Crippen molar-refractivity contribution in [2.75, 3.05) is 51.3 Å². The number of aliphatic carboxylic acids is 1. The molecule has 0 aliphatic carbocycles. The van der Waals surface area contributed by atoms with Crippen LogP contribution in [0.5, 0.6) is 5.75 Å². The van der Waals surface area contributed by atoms with E-state index in [1.807, 2.05) is 29.2 Å². The third kappa shape index (κ3) is 6.11. The van der Waals surface area contributed by atoms with E-state index in [9.17, 15) is 24.3 Å². The lowest BCUT2D eigenvalue weighted by Crippen LogP contribution is -2.52. The summed E-state index contributed by atoms with van der Waals surface area (Å²) in [7, 11) is 1.47. The first-order chi connectivity index (χ1) is 20.3. The van der Waals surface area contributed by atoms with E-state index in [0.717, 1.165) is 41.0 Å². The highest BCUT2D eigenvalue weighted by molar-refractivity contribution is 5.96. The molecule has 0 saturated carbocycles. The van der Waals surface area contributed by atoms with Crippen molar-refractivity contribution in [2.45, 2.75) is 51.0 Å². The molecule has 4 amide bonds. The van der Waals surface area contributed by atoms with E-state index in [-0.39, 0.29) is 36.7 Å². The molecule has 0 bridgehead atoms. The van der Waals surface area contributed by atoms with Crippen LogP contribution in [0.1, 0.15) is 49.7 Å². The number of rotatable bonds is 11. The number of ether oxygens (including phenoxy) is 1. The van der Waals surface area contributed by atoms with Crippen LogP contribution in [0.25, 0.3) is 0 Å². The summed E-state index contributed by atoms with van der Waals surface area (Å²) in [5, 5.41) is 10.5. The SMILES string of the molecule is CCCCN(C(=O)CN1C[C@H](c2ccc3c(c2)CCO3)C(C(=O)O)[C@@H]1CCN1CCC(=O)N(C)C1=O)c1cccnc1. The largest absolute Gasteiger partial charge is 0.493 e. The fraction of sp³-hybridized carbons (Fsp3) is 0.516. The van der Waals surface area contributed by atoms with Crippen molar-refractivity contribution in [1.29, 1.82) is 0 Å². The number of carboxylic acids is 1. The number of amides is 4. The van der Waals surface area contributed by atoms with E-state index in [0.29, 0.717) is 44.9 Å². The van der Waals surface area contributed by atoms with Crippen LogP contribution in [0.3, 0.4) is 0 Å². The highest BCUT2D eigenvalue weighted by atomic mass is 16.5. The molecule has 11 heteroatoms. The first-order valence-electron chi connectivity index (χ1n) is 14.8. The Bertz CT molecular complexity index is 1320. The number of hydrogen-bond acceptors (Lipinski definition) is 7. The third-order valence-electron chi connectivity index (χ3n) is 8.73. The van der Waals surface area contributed by atoms with Gasteiger partial charge in [0.1, 0.15) is 5.75 Å². The summed E-state index contributed by atoms with van der Waals surface area (Å²) in [5.41, 5.74) is 2.70. The first-order valence-corrected chi connectivity index (χ1v) is 14.8. The van der Waals surface area contributed by atoms with Gasteiger partial charge in [-0.25, -0.2) is 4.79 Å². The van der Waals surface area contributed by atoms with Crippen LogP contribution in [-0.2, 0) is 20.8 Å². The highest BCUT2D eigenvalue weighted by Gasteiger charge is 2.47. The minimum Gasteiger partial charge on any atom is -0.493 e. The average Bonchev–Trinajstić information content (AvgIpc) is 3.60. The standard InChI is InChI=1S/C31H39N5O6/c1-3-4-13-36(23-6-5-12-32-18-23)28(38)20-35-19-24(21-7-8-26-22(17-21)11-16-42-26)29(30(39)40)25(35)9-14-34-15-10-27(37)33(2)31(34)41/h5-8,12,17-18,24-25,29H,3-4,9-11,13-16,19-20H2,1-2H3,(H,39,40)/t24-,25+,29?/m1/s1. The Kier molecular flexibility index (Phi) is 9.06. The van der Waals surface area contributed by atoms with Gasteiger partial charge in [0, 0.05) is 64.2 Å². The number of imide groups is 1. The molecule has 2 aromatic rings. The van der Waals surface area contributed by atoms with Crippen molar-refractivity contribution in [3.63, 3.8) is 0 Å². The van der Waals surface area contributed by atoms with Gasteiger partial charge in [0.2, 0.25) is 11.8 Å². The molecule has 1 N–H and O–H groups in total. The maximum Gasteiger partial charge on any atom is 0.326 e. The number of hydrogen-bond donors (Lipinski definition) is 1. The van der Waals surface area contributed by atoms with Gasteiger partial charge in [-0.15, -0.1) is 0 Å². The number of aromatic nitrogens is 1. The zero-order valence-electron chi connectivity index (χ0n) is 24.3. The molecular formula is C31H39N5O6. The van der Waals surface area contributed by atoms with Crippen molar-refractivity contribution >= 4 is 29.5 Å². The van der Waals surface area contributed by atoms with Crippen LogP contribution in [0.4, 0.5) is 10.5 Å². The maximum atomic E-state index is 13.8. The van der Waals surface area contributed by atoms with Gasteiger partial charge in [-0.2, -0.15) is 0 Å². The minimum atomic E-state index is -0.927. The molecule has 0 radical (unpaired) electrons. The summed E-state index contributed by atoms with van der Waals surface area (Å²) in [6.07, 6.45) is 6.45. The van der Waals surface area contributed by atoms with Crippen LogP contribution in [0.15, 0.2) is 42.7 Å². The summed E-state index contributed by atoms with van der Waals surface area (Å²) in [4.78, 5) is 62.1. The number of nitrogens with zero attached hydrogens (tertiary/aromatic N) is 5. The number of fused-ring (bicyclic) bond motifs is 1. The van der Waals surface area contributed by atoms with Crippen LogP contribution < -0.4 is 9.64 Å². The second-order valence-electron chi connectivity index (χ2n) is 11.3. The smallest absolute Gasteiger partial charge is 0.326 e. The van der Waals surface area contributed by atoms with Crippen molar-refractivity contribution in [1.82, 2.24) is 19.7 Å². The number of likely N-dealkylation sites (tertiary alicyclic amines) is 1. The molecule has 5 rings (SSSR count). The van der Waals surface area contributed by atoms with Crippen LogP contribution in [0, 0.1) is 5.92 Å². The number of urea groups is 1. The van der Waals surface area contributed by atoms with Gasteiger partial charge < -0.3 is 19.6 Å². The lowest BCUT2D eigenvalue weighted by Gasteiger charge is -2.34. The molecule has 2 fully saturated rings. The maximum absolute atomic E-state index is 13.8. The molecule has 11 nitrogen and oxygen atoms in total. The van der Waals surface area contributed by atoms with E-state index >= 15 is 0 Å². The van der Waals surface area contributed by atoms with Crippen molar-refractivity contribution in [2.24, 2.45) is 5.92 Å². The van der Waals surface area contributed by atoms with E-state index < -0.39 is 17.9 Å². The van der Waals surface area contributed by atoms with Gasteiger partial charge in [0.15, 0.2) is 0 Å². The highest BCUT2D eigenvalue weighted by Crippen LogP contribution is 2.41. The Morgan fingerprint density at radius 3 is 2.76 bits per heavy atom. The van der Waals surface area contributed by atoms with E-state index in [1.54, 1.807) is 28.3 Å². The van der Waals surface area contributed by atoms with Gasteiger partial charge in [-0.1, -0.05) is 25.5 Å². The topological polar surface area (TPSA) is 124 Å². The van der Waals surface area contributed by atoms with Gasteiger partial charge in [0.05, 0.1) is 31.0 Å². The minimum absolute atomic E-state index is 0.0456. The number of anilines is 1. The van der Waals surface area contributed by atoms with Gasteiger partial charge >= 0.3 is 12.0 Å². The number of benzene rings is 1. The van der Waals surface area contributed by atoms with Gasteiger partial charge in [0.25, 0.3) is 0 Å². The lowest BCUT2D eigenvalue weighted by molar-refractivity contribution is -0.143. The summed E-state index contributed by atoms with van der Waals surface area (Å²) < 4.78 is 5.67. The van der Waals surface area contributed by atoms with Crippen LogP contribution in [-0.4, -0.2) is 101 Å². The normalized spacial score (nSPS) is 22.3. The summed E-state index contributed by atoms with van der Waals surface area (Å²) in [5.74, 6) is -1.56. The summed E-state index contributed by atoms with van der Waals surface area (Å²) in [6.45, 7) is 4.25. The fourth-order valence-electron chi connectivity index (χ4n) is 6.42. The Labute approximate surface area is 246 Å². The number of carboxylic acid groups (broad SMARTS) is 1. The third-order valence-corrected chi connectivity index (χ3v) is 8.73. The van der Waals surface area contributed by atoms with Gasteiger partial charge in [-0.05, 0) is 42.2 Å². The molecule has 3 aliphatic heterocycles. The molecule has 42 heavy (non-hydrogen) atoms. The molecule has 3 atom stereocenters. The van der Waals surface area contributed by atoms with Crippen molar-refractivity contribution in [3.05, 3.63) is 53.9 Å². The quantitative estimate of drug-likeness (QED) is 0.433. The number of pyridine rings is 1. The molecule has 2 saturated heterocycles. The van der Waals surface area contributed by atoms with E-state index in [2.05, 4.69) is 11.9 Å².